The van der Waals surface area contributed by atoms with E-state index in [1.807, 2.05) is 0 Å². The number of rotatable bonds is 7. The van der Waals surface area contributed by atoms with Crippen LogP contribution < -0.4 is 15.2 Å². The van der Waals surface area contributed by atoms with Gasteiger partial charge in [0.25, 0.3) is 0 Å². The topological polar surface area (TPSA) is 98.5 Å². The van der Waals surface area contributed by atoms with E-state index in [9.17, 15) is 26.4 Å². The molecule has 0 heterocycles. The summed E-state index contributed by atoms with van der Waals surface area (Å²) in [5.41, 5.74) is 5.80. The first-order valence-corrected chi connectivity index (χ1v) is 8.73. The van der Waals surface area contributed by atoms with Crippen molar-refractivity contribution < 1.29 is 31.1 Å². The van der Waals surface area contributed by atoms with Crippen molar-refractivity contribution in [3.63, 3.8) is 0 Å². The fourth-order valence-electron chi connectivity index (χ4n) is 1.93. The Morgan fingerprint density at radius 1 is 1.04 bits per heavy atom. The molecule has 0 aliphatic heterocycles. The van der Waals surface area contributed by atoms with Gasteiger partial charge in [-0.1, -0.05) is 12.1 Å². The number of nitrogens with one attached hydrogen (secondary N) is 1. The SMILES string of the molecule is NC(=O)c1ccc(S(=O)(=O)NCc2ccc(OCC(F)(F)F)cc2)cc1. The summed E-state index contributed by atoms with van der Waals surface area (Å²) in [6.45, 7) is -1.47. The Kier molecular flexibility index (Phi) is 5.88. The molecule has 0 bridgehead atoms. The highest BCUT2D eigenvalue weighted by Gasteiger charge is 2.28. The van der Waals surface area contributed by atoms with Crippen LogP contribution in [0.5, 0.6) is 5.75 Å². The lowest BCUT2D eigenvalue weighted by molar-refractivity contribution is -0.153. The number of carbonyl (C=O) groups is 1. The third-order valence-corrected chi connectivity index (χ3v) is 4.66. The molecule has 0 fully saturated rings. The van der Waals surface area contributed by atoms with Crippen LogP contribution in [0.4, 0.5) is 13.2 Å². The number of ether oxygens (including phenoxy) is 1. The van der Waals surface area contributed by atoms with Crippen molar-refractivity contribution in [1.29, 1.82) is 0 Å². The molecule has 0 spiro atoms. The van der Waals surface area contributed by atoms with Gasteiger partial charge in [0.15, 0.2) is 6.61 Å². The molecule has 26 heavy (non-hydrogen) atoms. The molecule has 2 rings (SSSR count). The Bertz CT molecular complexity index is 864. The van der Waals surface area contributed by atoms with Gasteiger partial charge in [0, 0.05) is 12.1 Å². The molecule has 0 radical (unpaired) electrons. The van der Waals surface area contributed by atoms with Crippen molar-refractivity contribution in [3.05, 3.63) is 59.7 Å². The molecular formula is C16H15F3N2O4S. The molecule has 0 atom stereocenters. The number of primary amides is 1. The summed E-state index contributed by atoms with van der Waals surface area (Å²) in [5.74, 6) is -0.647. The zero-order valence-corrected chi connectivity index (χ0v) is 14.1. The van der Waals surface area contributed by atoms with E-state index in [4.69, 9.17) is 5.73 Å². The molecule has 10 heteroatoms. The molecule has 0 aromatic heterocycles. The van der Waals surface area contributed by atoms with Crippen LogP contribution in [0.15, 0.2) is 53.4 Å². The quantitative estimate of drug-likeness (QED) is 0.760. The molecule has 140 valence electrons. The zero-order chi connectivity index (χ0) is 19.4. The third-order valence-electron chi connectivity index (χ3n) is 3.24. The Hall–Kier alpha value is -2.59. The smallest absolute Gasteiger partial charge is 0.422 e. The van der Waals surface area contributed by atoms with Gasteiger partial charge < -0.3 is 10.5 Å². The Morgan fingerprint density at radius 3 is 2.12 bits per heavy atom. The van der Waals surface area contributed by atoms with Crippen molar-refractivity contribution in [1.82, 2.24) is 4.72 Å². The fraction of sp³-hybridized carbons (Fsp3) is 0.188. The first-order valence-electron chi connectivity index (χ1n) is 7.25. The Morgan fingerprint density at radius 2 is 1.62 bits per heavy atom. The van der Waals surface area contributed by atoms with Gasteiger partial charge in [-0.05, 0) is 42.0 Å². The normalized spacial score (nSPS) is 12.0. The molecule has 0 aliphatic carbocycles. The van der Waals surface area contributed by atoms with Crippen LogP contribution in [-0.2, 0) is 16.6 Å². The van der Waals surface area contributed by atoms with Crippen LogP contribution in [0.3, 0.4) is 0 Å². The summed E-state index contributed by atoms with van der Waals surface area (Å²) in [4.78, 5) is 10.9. The van der Waals surface area contributed by atoms with E-state index in [2.05, 4.69) is 9.46 Å². The second kappa shape index (κ2) is 7.75. The lowest BCUT2D eigenvalue weighted by Crippen LogP contribution is -2.23. The van der Waals surface area contributed by atoms with Crippen LogP contribution in [0.2, 0.25) is 0 Å². The van der Waals surface area contributed by atoms with Crippen LogP contribution in [0.25, 0.3) is 0 Å². The fourth-order valence-corrected chi connectivity index (χ4v) is 2.95. The minimum atomic E-state index is -4.43. The molecule has 0 saturated carbocycles. The van der Waals surface area contributed by atoms with E-state index in [1.165, 1.54) is 48.5 Å². The summed E-state index contributed by atoms with van der Waals surface area (Å²) in [6.07, 6.45) is -4.43. The molecule has 0 unspecified atom stereocenters. The lowest BCUT2D eigenvalue weighted by atomic mass is 10.2. The second-order valence-electron chi connectivity index (χ2n) is 5.26. The van der Waals surface area contributed by atoms with Gasteiger partial charge in [-0.15, -0.1) is 0 Å². The summed E-state index contributed by atoms with van der Waals surface area (Å²) in [6, 6.07) is 10.6. The lowest BCUT2D eigenvalue weighted by Gasteiger charge is -2.10. The van der Waals surface area contributed by atoms with E-state index in [0.29, 0.717) is 5.56 Å². The molecule has 0 aliphatic rings. The summed E-state index contributed by atoms with van der Waals surface area (Å²) >= 11 is 0. The van der Waals surface area contributed by atoms with Crippen molar-refractivity contribution in [2.45, 2.75) is 17.6 Å². The molecule has 6 nitrogen and oxygen atoms in total. The predicted molar refractivity (Wildman–Crippen MR) is 87.0 cm³/mol. The highest BCUT2D eigenvalue weighted by Crippen LogP contribution is 2.19. The van der Waals surface area contributed by atoms with Crippen molar-refractivity contribution in [2.75, 3.05) is 6.61 Å². The second-order valence-corrected chi connectivity index (χ2v) is 7.03. The molecule has 2 aromatic carbocycles. The summed E-state index contributed by atoms with van der Waals surface area (Å²) in [5, 5.41) is 0. The standard InChI is InChI=1S/C16H15F3N2O4S/c17-16(18,19)10-25-13-5-1-11(2-6-13)9-21-26(23,24)14-7-3-12(4-8-14)15(20)22/h1-8,21H,9-10H2,(H2,20,22). The number of benzene rings is 2. The largest absolute Gasteiger partial charge is 0.484 e. The van der Waals surface area contributed by atoms with Gasteiger partial charge in [0.05, 0.1) is 4.90 Å². The van der Waals surface area contributed by atoms with Crippen molar-refractivity contribution in [2.24, 2.45) is 5.73 Å². The van der Waals surface area contributed by atoms with E-state index in [0.717, 1.165) is 0 Å². The molecular weight excluding hydrogens is 373 g/mol. The average Bonchev–Trinajstić information content (AvgIpc) is 2.58. The number of sulfonamides is 1. The minimum Gasteiger partial charge on any atom is -0.484 e. The van der Waals surface area contributed by atoms with Crippen LogP contribution in [-0.4, -0.2) is 27.1 Å². The van der Waals surface area contributed by atoms with Gasteiger partial charge in [0.2, 0.25) is 15.9 Å². The third kappa shape index (κ3) is 5.74. The summed E-state index contributed by atoms with van der Waals surface area (Å²) < 4.78 is 67.5. The molecule has 0 saturated heterocycles. The monoisotopic (exact) mass is 388 g/mol. The van der Waals surface area contributed by atoms with Gasteiger partial charge in [-0.3, -0.25) is 4.79 Å². The number of amides is 1. The zero-order valence-electron chi connectivity index (χ0n) is 13.3. The van der Waals surface area contributed by atoms with Gasteiger partial charge in [-0.2, -0.15) is 13.2 Å². The van der Waals surface area contributed by atoms with E-state index < -0.39 is 28.7 Å². The maximum atomic E-state index is 12.2. The van der Waals surface area contributed by atoms with E-state index >= 15 is 0 Å². The first-order chi connectivity index (χ1) is 12.1. The van der Waals surface area contributed by atoms with Crippen LogP contribution >= 0.6 is 0 Å². The predicted octanol–water partition coefficient (Wildman–Crippen LogP) is 2.21. The number of carbonyl (C=O) groups excluding carboxylic acids is 1. The number of alkyl halides is 3. The molecule has 3 N–H and O–H groups in total. The number of hydrogen-bond donors (Lipinski definition) is 2. The van der Waals surface area contributed by atoms with Crippen LogP contribution in [0, 0.1) is 0 Å². The van der Waals surface area contributed by atoms with Gasteiger partial charge >= 0.3 is 6.18 Å². The average molecular weight is 388 g/mol. The number of halogens is 3. The van der Waals surface area contributed by atoms with Crippen LogP contribution in [0.1, 0.15) is 15.9 Å². The maximum Gasteiger partial charge on any atom is 0.422 e. The highest BCUT2D eigenvalue weighted by atomic mass is 32.2. The number of hydrogen-bond acceptors (Lipinski definition) is 4. The highest BCUT2D eigenvalue weighted by molar-refractivity contribution is 7.89. The summed E-state index contributed by atoms with van der Waals surface area (Å²) in [7, 11) is -3.82. The van der Waals surface area contributed by atoms with E-state index in [1.54, 1.807) is 0 Å². The maximum absolute atomic E-state index is 12.2. The number of nitrogens with two attached hydrogens (primary N) is 1. The minimum absolute atomic E-state index is 0.0240. The Balaban J connectivity index is 1.97. The molecule has 2 aromatic rings. The van der Waals surface area contributed by atoms with Crippen molar-refractivity contribution in [3.8, 4) is 5.75 Å². The molecule has 1 amide bonds. The van der Waals surface area contributed by atoms with Gasteiger partial charge in [0.1, 0.15) is 5.75 Å². The Labute approximate surface area is 147 Å². The first kappa shape index (κ1) is 19.7. The van der Waals surface area contributed by atoms with Gasteiger partial charge in [-0.25, -0.2) is 13.1 Å². The van der Waals surface area contributed by atoms with Crippen molar-refractivity contribution >= 4 is 15.9 Å². The van der Waals surface area contributed by atoms with E-state index in [-0.39, 0.29) is 22.8 Å².